The van der Waals surface area contributed by atoms with Crippen LogP contribution < -0.4 is 5.32 Å². The third-order valence-electron chi connectivity index (χ3n) is 5.02. The minimum absolute atomic E-state index is 0.0772. The summed E-state index contributed by atoms with van der Waals surface area (Å²) in [6.45, 7) is 1.47. The number of hydrogen-bond donors (Lipinski definition) is 1. The SMILES string of the molecule is O=C(NCC1(c2ccccc2)CCCCC1)[C@@H]1CCCO1. The van der Waals surface area contributed by atoms with Gasteiger partial charge >= 0.3 is 0 Å². The summed E-state index contributed by atoms with van der Waals surface area (Å²) in [5.41, 5.74) is 1.49. The van der Waals surface area contributed by atoms with Crippen LogP contribution in [0.25, 0.3) is 0 Å². The molecule has 114 valence electrons. The van der Waals surface area contributed by atoms with E-state index in [1.807, 2.05) is 0 Å². The van der Waals surface area contributed by atoms with Crippen molar-refractivity contribution >= 4 is 5.91 Å². The molecule has 1 aromatic rings. The van der Waals surface area contributed by atoms with Crippen LogP contribution in [0.2, 0.25) is 0 Å². The molecule has 3 heteroatoms. The van der Waals surface area contributed by atoms with Crippen molar-refractivity contribution < 1.29 is 9.53 Å². The van der Waals surface area contributed by atoms with Gasteiger partial charge in [0, 0.05) is 18.6 Å². The van der Waals surface area contributed by atoms with E-state index in [1.165, 1.54) is 37.7 Å². The van der Waals surface area contributed by atoms with E-state index in [9.17, 15) is 4.79 Å². The van der Waals surface area contributed by atoms with Crippen molar-refractivity contribution in [3.8, 4) is 0 Å². The number of carbonyl (C=O) groups is 1. The van der Waals surface area contributed by atoms with E-state index < -0.39 is 0 Å². The van der Waals surface area contributed by atoms with Gasteiger partial charge in [-0.3, -0.25) is 4.79 Å². The summed E-state index contributed by atoms with van der Waals surface area (Å²) < 4.78 is 5.48. The Labute approximate surface area is 127 Å². The summed E-state index contributed by atoms with van der Waals surface area (Å²) in [5.74, 6) is 0.0772. The Balaban J connectivity index is 1.69. The Kier molecular flexibility index (Phi) is 4.59. The first-order valence-electron chi connectivity index (χ1n) is 8.25. The van der Waals surface area contributed by atoms with Crippen LogP contribution in [0.5, 0.6) is 0 Å². The summed E-state index contributed by atoms with van der Waals surface area (Å²) in [5, 5.41) is 3.17. The highest BCUT2D eigenvalue weighted by atomic mass is 16.5. The number of nitrogens with one attached hydrogen (secondary N) is 1. The number of carbonyl (C=O) groups excluding carboxylic acids is 1. The highest BCUT2D eigenvalue weighted by Gasteiger charge is 2.35. The van der Waals surface area contributed by atoms with E-state index in [4.69, 9.17) is 4.74 Å². The summed E-state index contributed by atoms with van der Waals surface area (Å²) in [6.07, 6.45) is 7.81. The van der Waals surface area contributed by atoms with Gasteiger partial charge in [0.15, 0.2) is 0 Å². The van der Waals surface area contributed by atoms with Crippen molar-refractivity contribution in [2.24, 2.45) is 0 Å². The molecule has 1 N–H and O–H groups in total. The smallest absolute Gasteiger partial charge is 0.249 e. The average Bonchev–Trinajstić information content (AvgIpc) is 3.09. The molecule has 1 aliphatic carbocycles. The van der Waals surface area contributed by atoms with Gasteiger partial charge in [-0.15, -0.1) is 0 Å². The molecule has 21 heavy (non-hydrogen) atoms. The summed E-state index contributed by atoms with van der Waals surface area (Å²) in [7, 11) is 0. The lowest BCUT2D eigenvalue weighted by Crippen LogP contribution is -2.45. The maximum absolute atomic E-state index is 12.2. The van der Waals surface area contributed by atoms with E-state index >= 15 is 0 Å². The molecular weight excluding hydrogens is 262 g/mol. The van der Waals surface area contributed by atoms with Crippen LogP contribution in [0, 0.1) is 0 Å². The maximum Gasteiger partial charge on any atom is 0.249 e. The molecule has 0 aromatic heterocycles. The Bertz CT molecular complexity index is 459. The van der Waals surface area contributed by atoms with Gasteiger partial charge in [0.25, 0.3) is 0 Å². The number of hydrogen-bond acceptors (Lipinski definition) is 2. The van der Waals surface area contributed by atoms with Crippen molar-refractivity contribution in [1.29, 1.82) is 0 Å². The number of rotatable bonds is 4. The van der Waals surface area contributed by atoms with Gasteiger partial charge in [0.05, 0.1) is 0 Å². The van der Waals surface area contributed by atoms with Gasteiger partial charge in [-0.05, 0) is 31.2 Å². The van der Waals surface area contributed by atoms with Crippen molar-refractivity contribution in [3.63, 3.8) is 0 Å². The van der Waals surface area contributed by atoms with Gasteiger partial charge in [-0.1, -0.05) is 49.6 Å². The second-order valence-electron chi connectivity index (χ2n) is 6.43. The normalized spacial score (nSPS) is 24.7. The predicted octanol–water partition coefficient (Wildman–Crippen LogP) is 3.18. The lowest BCUT2D eigenvalue weighted by Gasteiger charge is -2.38. The van der Waals surface area contributed by atoms with Crippen molar-refractivity contribution in [1.82, 2.24) is 5.32 Å². The third kappa shape index (κ3) is 3.29. The molecule has 0 unspecified atom stereocenters. The molecule has 0 spiro atoms. The molecule has 1 aromatic carbocycles. The van der Waals surface area contributed by atoms with Crippen LogP contribution in [0.3, 0.4) is 0 Å². The van der Waals surface area contributed by atoms with Gasteiger partial charge in [0.1, 0.15) is 6.10 Å². The van der Waals surface area contributed by atoms with Crippen molar-refractivity contribution in [3.05, 3.63) is 35.9 Å². The molecule has 1 heterocycles. The number of benzene rings is 1. The molecule has 3 rings (SSSR count). The second-order valence-corrected chi connectivity index (χ2v) is 6.43. The maximum atomic E-state index is 12.2. The standard InChI is InChI=1S/C18H25NO2/c20-17(16-10-7-13-21-16)19-14-18(11-5-2-6-12-18)15-8-3-1-4-9-15/h1,3-4,8-9,16H,2,5-7,10-14H2,(H,19,20)/t16-/m0/s1. The fraction of sp³-hybridized carbons (Fsp3) is 0.611. The zero-order valence-corrected chi connectivity index (χ0v) is 12.6. The summed E-state index contributed by atoms with van der Waals surface area (Å²) >= 11 is 0. The Morgan fingerprint density at radius 2 is 1.90 bits per heavy atom. The fourth-order valence-electron chi connectivity index (χ4n) is 3.74. The minimum Gasteiger partial charge on any atom is -0.368 e. The monoisotopic (exact) mass is 287 g/mol. The molecule has 2 fully saturated rings. The zero-order valence-electron chi connectivity index (χ0n) is 12.6. The van der Waals surface area contributed by atoms with E-state index in [-0.39, 0.29) is 17.4 Å². The molecule has 2 aliphatic rings. The van der Waals surface area contributed by atoms with Crippen LogP contribution in [-0.4, -0.2) is 25.2 Å². The third-order valence-corrected chi connectivity index (χ3v) is 5.02. The average molecular weight is 287 g/mol. The van der Waals surface area contributed by atoms with Crippen LogP contribution in [0.4, 0.5) is 0 Å². The van der Waals surface area contributed by atoms with Gasteiger partial charge in [0.2, 0.25) is 5.91 Å². The number of amides is 1. The van der Waals surface area contributed by atoms with Crippen LogP contribution >= 0.6 is 0 Å². The van der Waals surface area contributed by atoms with Gasteiger partial charge < -0.3 is 10.1 Å². The molecule has 1 atom stereocenters. The fourth-order valence-corrected chi connectivity index (χ4v) is 3.74. The van der Waals surface area contributed by atoms with Crippen LogP contribution in [-0.2, 0) is 14.9 Å². The minimum atomic E-state index is -0.221. The Morgan fingerprint density at radius 1 is 1.14 bits per heavy atom. The van der Waals surface area contributed by atoms with Crippen molar-refractivity contribution in [2.45, 2.75) is 56.5 Å². The molecular formula is C18H25NO2. The van der Waals surface area contributed by atoms with Crippen LogP contribution in [0.15, 0.2) is 30.3 Å². The highest BCUT2D eigenvalue weighted by molar-refractivity contribution is 5.81. The number of ether oxygens (including phenoxy) is 1. The molecule has 1 saturated heterocycles. The first-order valence-corrected chi connectivity index (χ1v) is 8.25. The lowest BCUT2D eigenvalue weighted by atomic mass is 9.69. The van der Waals surface area contributed by atoms with E-state index in [1.54, 1.807) is 0 Å². The molecule has 1 aliphatic heterocycles. The summed E-state index contributed by atoms with van der Waals surface area (Å²) in [6, 6.07) is 10.7. The van der Waals surface area contributed by atoms with Crippen molar-refractivity contribution in [2.75, 3.05) is 13.2 Å². The predicted molar refractivity (Wildman–Crippen MR) is 83.2 cm³/mol. The molecule has 0 bridgehead atoms. The van der Waals surface area contributed by atoms with Gasteiger partial charge in [-0.25, -0.2) is 0 Å². The topological polar surface area (TPSA) is 38.3 Å². The second kappa shape index (κ2) is 6.61. The van der Waals surface area contributed by atoms with Crippen LogP contribution in [0.1, 0.15) is 50.5 Å². The molecule has 1 amide bonds. The first kappa shape index (κ1) is 14.6. The lowest BCUT2D eigenvalue weighted by molar-refractivity contribution is -0.130. The highest BCUT2D eigenvalue weighted by Crippen LogP contribution is 2.38. The Morgan fingerprint density at radius 3 is 2.57 bits per heavy atom. The quantitative estimate of drug-likeness (QED) is 0.923. The van der Waals surface area contributed by atoms with Gasteiger partial charge in [-0.2, -0.15) is 0 Å². The van der Waals surface area contributed by atoms with E-state index in [0.717, 1.165) is 26.0 Å². The summed E-state index contributed by atoms with van der Waals surface area (Å²) in [4.78, 5) is 12.2. The van der Waals surface area contributed by atoms with E-state index in [0.29, 0.717) is 0 Å². The van der Waals surface area contributed by atoms with E-state index in [2.05, 4.69) is 35.6 Å². The molecule has 1 saturated carbocycles. The first-order chi connectivity index (χ1) is 10.3. The largest absolute Gasteiger partial charge is 0.368 e. The zero-order chi connectivity index (χ0) is 14.5. The Hall–Kier alpha value is -1.35. The molecule has 3 nitrogen and oxygen atoms in total. The molecule has 0 radical (unpaired) electrons.